The van der Waals surface area contributed by atoms with Gasteiger partial charge in [0, 0.05) is 17.3 Å². The van der Waals surface area contributed by atoms with Gasteiger partial charge in [0.15, 0.2) is 0 Å². The van der Waals surface area contributed by atoms with Gasteiger partial charge in [-0.1, -0.05) is 0 Å². The van der Waals surface area contributed by atoms with Crippen molar-refractivity contribution in [1.29, 1.82) is 0 Å². The highest BCUT2D eigenvalue weighted by Crippen LogP contribution is 2.17. The third kappa shape index (κ3) is 2.37. The lowest BCUT2D eigenvalue weighted by molar-refractivity contribution is 0.503. The van der Waals surface area contributed by atoms with E-state index in [-0.39, 0.29) is 0 Å². The molecule has 0 radical (unpaired) electrons. The van der Waals surface area contributed by atoms with Gasteiger partial charge in [0.1, 0.15) is 0 Å². The summed E-state index contributed by atoms with van der Waals surface area (Å²) < 4.78 is 19.5. The van der Waals surface area contributed by atoms with E-state index in [9.17, 15) is 8.76 Å². The summed E-state index contributed by atoms with van der Waals surface area (Å²) in [7, 11) is 0. The highest BCUT2D eigenvalue weighted by atomic mass is 32.2. The molecular weight excluding hydrogens is 128 g/mol. The average Bonchev–Trinajstić information content (AvgIpc) is 2.41. The molecule has 1 atom stereocenters. The second-order valence-electron chi connectivity index (χ2n) is 1.76. The molecule has 1 aliphatic carbocycles. The van der Waals surface area contributed by atoms with Crippen molar-refractivity contribution in [2.45, 2.75) is 18.9 Å². The second kappa shape index (κ2) is 2.54. The van der Waals surface area contributed by atoms with Crippen LogP contribution in [0.5, 0.6) is 0 Å². The van der Waals surface area contributed by atoms with Crippen LogP contribution in [0.2, 0.25) is 0 Å². The van der Waals surface area contributed by atoms with Crippen LogP contribution in [0, 0.1) is 0 Å². The van der Waals surface area contributed by atoms with Crippen molar-refractivity contribution in [1.82, 2.24) is 10.3 Å². The molecule has 48 valence electrons. The molecule has 1 fully saturated rings. The van der Waals surface area contributed by atoms with Crippen LogP contribution in [0.25, 0.3) is 0 Å². The first-order valence-electron chi connectivity index (χ1n) is 2.39. The zero-order valence-corrected chi connectivity index (χ0v) is 5.03. The molecule has 0 bridgehead atoms. The molecular formula is C3H7N2O2S-. The Labute approximate surface area is 50.0 Å². The number of hydrogen-bond donors (Lipinski definition) is 2. The molecule has 1 saturated carbocycles. The molecule has 0 heterocycles. The Bertz CT molecular complexity index is 103. The highest BCUT2D eigenvalue weighted by molar-refractivity contribution is 7.76. The number of rotatable bonds is 3. The molecule has 0 aliphatic heterocycles. The van der Waals surface area contributed by atoms with Crippen molar-refractivity contribution in [2.75, 3.05) is 0 Å². The van der Waals surface area contributed by atoms with E-state index in [0.717, 1.165) is 12.8 Å². The van der Waals surface area contributed by atoms with Crippen LogP contribution in [-0.4, -0.2) is 14.8 Å². The maximum Gasteiger partial charge on any atom is 0.0324 e. The fraction of sp³-hybridized carbons (Fsp3) is 1.00. The Balaban J connectivity index is 1.95. The number of hydrazine groups is 1. The summed E-state index contributed by atoms with van der Waals surface area (Å²) in [5.74, 6) is 0. The van der Waals surface area contributed by atoms with E-state index < -0.39 is 11.3 Å². The molecule has 2 N–H and O–H groups in total. The second-order valence-corrected chi connectivity index (χ2v) is 2.43. The summed E-state index contributed by atoms with van der Waals surface area (Å²) in [6.45, 7) is 0. The van der Waals surface area contributed by atoms with E-state index >= 15 is 0 Å². The highest BCUT2D eigenvalue weighted by Gasteiger charge is 2.19. The molecule has 0 aromatic carbocycles. The summed E-state index contributed by atoms with van der Waals surface area (Å²) in [5.41, 5.74) is 2.59. The van der Waals surface area contributed by atoms with E-state index in [1.165, 1.54) is 0 Å². The molecule has 0 saturated heterocycles. The van der Waals surface area contributed by atoms with E-state index in [0.29, 0.717) is 6.04 Å². The average molecular weight is 135 g/mol. The van der Waals surface area contributed by atoms with Crippen molar-refractivity contribution in [3.8, 4) is 0 Å². The van der Waals surface area contributed by atoms with Crippen LogP contribution in [-0.2, 0) is 11.3 Å². The monoisotopic (exact) mass is 135 g/mol. The maximum atomic E-state index is 9.76. The first-order chi connectivity index (χ1) is 3.79. The van der Waals surface area contributed by atoms with Gasteiger partial charge in [-0.3, -0.25) is 4.21 Å². The minimum absolute atomic E-state index is 0.382. The van der Waals surface area contributed by atoms with Crippen LogP contribution in [0.15, 0.2) is 0 Å². The standard InChI is InChI=1S/C3H8N2O2S/c6-8(7)5-4-3-1-2-3/h3-5H,1-2H2,(H,6,7)/p-1. The normalized spacial score (nSPS) is 23.1. The minimum Gasteiger partial charge on any atom is -0.759 e. The fourth-order valence-corrected chi connectivity index (χ4v) is 0.622. The third-order valence-electron chi connectivity index (χ3n) is 0.924. The van der Waals surface area contributed by atoms with Crippen LogP contribution in [0.4, 0.5) is 0 Å². The molecule has 5 heteroatoms. The smallest absolute Gasteiger partial charge is 0.0324 e. The topological polar surface area (TPSA) is 64.2 Å². The van der Waals surface area contributed by atoms with Crippen molar-refractivity contribution in [2.24, 2.45) is 0 Å². The first-order valence-corrected chi connectivity index (χ1v) is 3.47. The Morgan fingerprint density at radius 1 is 1.62 bits per heavy atom. The maximum absolute atomic E-state index is 9.76. The van der Waals surface area contributed by atoms with Crippen molar-refractivity contribution in [3.63, 3.8) is 0 Å². The number of nitrogens with one attached hydrogen (secondary N) is 2. The predicted molar refractivity (Wildman–Crippen MR) is 28.2 cm³/mol. The summed E-state index contributed by atoms with van der Waals surface area (Å²) in [5, 5.41) is 0. The molecule has 1 aliphatic rings. The summed E-state index contributed by atoms with van der Waals surface area (Å²) in [6, 6.07) is 0.382. The minimum atomic E-state index is -2.16. The molecule has 0 spiro atoms. The molecule has 0 amide bonds. The van der Waals surface area contributed by atoms with Gasteiger partial charge in [-0.2, -0.15) is 4.83 Å². The van der Waals surface area contributed by atoms with Crippen LogP contribution >= 0.6 is 0 Å². The summed E-state index contributed by atoms with van der Waals surface area (Å²) >= 11 is -2.16. The quantitative estimate of drug-likeness (QED) is 0.387. The lowest BCUT2D eigenvalue weighted by Gasteiger charge is -2.05. The largest absolute Gasteiger partial charge is 0.759 e. The van der Waals surface area contributed by atoms with Gasteiger partial charge in [-0.25, -0.2) is 5.43 Å². The van der Waals surface area contributed by atoms with Crippen LogP contribution in [0.3, 0.4) is 0 Å². The van der Waals surface area contributed by atoms with Crippen molar-refractivity contribution < 1.29 is 8.76 Å². The Morgan fingerprint density at radius 3 is 2.62 bits per heavy atom. The molecule has 0 aromatic heterocycles. The summed E-state index contributed by atoms with van der Waals surface area (Å²) in [6.07, 6.45) is 2.15. The Hall–Kier alpha value is 0.0300. The lowest BCUT2D eigenvalue weighted by atomic mass is 10.8. The predicted octanol–water partition coefficient (Wildman–Crippen LogP) is -0.963. The van der Waals surface area contributed by atoms with Crippen molar-refractivity contribution in [3.05, 3.63) is 0 Å². The van der Waals surface area contributed by atoms with E-state index in [4.69, 9.17) is 0 Å². The Morgan fingerprint density at radius 2 is 2.25 bits per heavy atom. The van der Waals surface area contributed by atoms with Crippen LogP contribution in [0.1, 0.15) is 12.8 Å². The molecule has 1 rings (SSSR count). The van der Waals surface area contributed by atoms with Gasteiger partial charge >= 0.3 is 0 Å². The zero-order valence-electron chi connectivity index (χ0n) is 4.22. The van der Waals surface area contributed by atoms with Gasteiger partial charge in [-0.15, -0.1) is 0 Å². The summed E-state index contributed by atoms with van der Waals surface area (Å²) in [4.78, 5) is 2.07. The number of hydrogen-bond acceptors (Lipinski definition) is 3. The van der Waals surface area contributed by atoms with E-state index in [1.807, 2.05) is 0 Å². The third-order valence-corrected chi connectivity index (χ3v) is 1.21. The van der Waals surface area contributed by atoms with Gasteiger partial charge in [0.25, 0.3) is 0 Å². The van der Waals surface area contributed by atoms with E-state index in [2.05, 4.69) is 10.3 Å². The van der Waals surface area contributed by atoms with Gasteiger partial charge in [0.05, 0.1) is 0 Å². The Kier molecular flexibility index (Phi) is 1.95. The van der Waals surface area contributed by atoms with Gasteiger partial charge in [-0.05, 0) is 12.8 Å². The van der Waals surface area contributed by atoms with E-state index in [1.54, 1.807) is 0 Å². The first kappa shape index (κ1) is 6.15. The fourth-order valence-electron chi connectivity index (χ4n) is 0.359. The lowest BCUT2D eigenvalue weighted by Crippen LogP contribution is -2.34. The zero-order chi connectivity index (χ0) is 5.98. The van der Waals surface area contributed by atoms with Gasteiger partial charge < -0.3 is 4.55 Å². The van der Waals surface area contributed by atoms with Crippen molar-refractivity contribution >= 4 is 11.3 Å². The van der Waals surface area contributed by atoms with Gasteiger partial charge in [0.2, 0.25) is 0 Å². The molecule has 8 heavy (non-hydrogen) atoms. The SMILES string of the molecule is O=S([O-])NNC1CC1. The molecule has 0 aromatic rings. The molecule has 4 nitrogen and oxygen atoms in total. The molecule has 1 unspecified atom stereocenters. The van der Waals surface area contributed by atoms with Crippen LogP contribution < -0.4 is 10.3 Å².